The topological polar surface area (TPSA) is 59.1 Å². The molecule has 0 aromatic heterocycles. The van der Waals surface area contributed by atoms with E-state index >= 15 is 0 Å². The van der Waals surface area contributed by atoms with E-state index in [9.17, 15) is 9.59 Å². The first-order valence-corrected chi connectivity index (χ1v) is 9.18. The molecule has 0 unspecified atom stereocenters. The van der Waals surface area contributed by atoms with E-state index in [4.69, 9.17) is 9.47 Å². The smallest absolute Gasteiger partial charge is 0.410 e. The van der Waals surface area contributed by atoms with E-state index < -0.39 is 5.60 Å². The van der Waals surface area contributed by atoms with Crippen LogP contribution in [0.25, 0.3) is 0 Å². The Morgan fingerprint density at radius 2 is 1.76 bits per heavy atom. The molecule has 25 heavy (non-hydrogen) atoms. The number of ether oxygens (including phenoxy) is 2. The van der Waals surface area contributed by atoms with Crippen molar-refractivity contribution in [1.82, 2.24) is 9.80 Å². The van der Waals surface area contributed by atoms with Crippen molar-refractivity contribution in [1.29, 1.82) is 0 Å². The average molecular weight is 413 g/mol. The number of halogens is 1. The number of amides is 2. The number of rotatable bonds is 4. The number of carbonyl (C=O) groups excluding carboxylic acids is 2. The quantitative estimate of drug-likeness (QED) is 0.760. The lowest BCUT2D eigenvalue weighted by Gasteiger charge is -2.35. The van der Waals surface area contributed by atoms with E-state index in [-0.39, 0.29) is 12.0 Å². The lowest BCUT2D eigenvalue weighted by molar-refractivity contribution is -0.133. The summed E-state index contributed by atoms with van der Waals surface area (Å²) in [5, 5.41) is 0. The first kappa shape index (κ1) is 19.6. The molecule has 0 saturated carbocycles. The van der Waals surface area contributed by atoms with Gasteiger partial charge in [0.05, 0.1) is 13.0 Å². The maximum Gasteiger partial charge on any atom is 0.410 e. The second-order valence-corrected chi connectivity index (χ2v) is 7.82. The predicted octanol–water partition coefficient (Wildman–Crippen LogP) is 3.30. The predicted molar refractivity (Wildman–Crippen MR) is 98.6 cm³/mol. The molecule has 1 aliphatic heterocycles. The van der Waals surface area contributed by atoms with Gasteiger partial charge in [0.1, 0.15) is 11.4 Å². The molecule has 138 valence electrons. The standard InChI is InChI=1S/C18H25BrN2O4/c1-18(2,3)25-17(23)21-10-8-20(9-11-21)16(22)7-12-24-15-6-4-5-14(19)13-15/h4-6,13H,7-12H2,1-3H3. The Morgan fingerprint density at radius 3 is 2.36 bits per heavy atom. The molecule has 0 aliphatic carbocycles. The molecule has 1 aliphatic rings. The largest absolute Gasteiger partial charge is 0.493 e. The van der Waals surface area contributed by atoms with E-state index in [0.717, 1.165) is 10.2 Å². The van der Waals surface area contributed by atoms with E-state index in [0.29, 0.717) is 39.2 Å². The molecule has 6 nitrogen and oxygen atoms in total. The fourth-order valence-corrected chi connectivity index (χ4v) is 2.81. The fraction of sp³-hybridized carbons (Fsp3) is 0.556. The van der Waals surface area contributed by atoms with Crippen LogP contribution in [-0.4, -0.2) is 60.2 Å². The van der Waals surface area contributed by atoms with Crippen molar-refractivity contribution in [2.75, 3.05) is 32.8 Å². The zero-order chi connectivity index (χ0) is 18.4. The minimum atomic E-state index is -0.506. The third-order valence-electron chi connectivity index (χ3n) is 3.66. The van der Waals surface area contributed by atoms with Crippen molar-refractivity contribution < 1.29 is 19.1 Å². The Morgan fingerprint density at radius 1 is 1.12 bits per heavy atom. The molecule has 1 saturated heterocycles. The van der Waals surface area contributed by atoms with E-state index in [1.807, 2.05) is 45.0 Å². The normalized spacial score (nSPS) is 15.0. The van der Waals surface area contributed by atoms with Gasteiger partial charge in [0.2, 0.25) is 5.91 Å². The van der Waals surface area contributed by atoms with Gasteiger partial charge < -0.3 is 19.3 Å². The molecule has 1 aromatic rings. The lowest BCUT2D eigenvalue weighted by Crippen LogP contribution is -2.51. The molecule has 1 heterocycles. The van der Waals surface area contributed by atoms with Gasteiger partial charge in [-0.15, -0.1) is 0 Å². The molecule has 0 spiro atoms. The second-order valence-electron chi connectivity index (χ2n) is 6.90. The van der Waals surface area contributed by atoms with Crippen LogP contribution in [0.15, 0.2) is 28.7 Å². The zero-order valence-corrected chi connectivity index (χ0v) is 16.5. The highest BCUT2D eigenvalue weighted by atomic mass is 79.9. The summed E-state index contributed by atoms with van der Waals surface area (Å²) in [4.78, 5) is 27.7. The Labute approximate surface area is 157 Å². The highest BCUT2D eigenvalue weighted by Crippen LogP contribution is 2.18. The summed E-state index contributed by atoms with van der Waals surface area (Å²) in [6.07, 6.45) is -0.00328. The molecule has 2 amide bonds. The molecule has 0 atom stereocenters. The summed E-state index contributed by atoms with van der Waals surface area (Å²) in [5.41, 5.74) is -0.506. The van der Waals surface area contributed by atoms with E-state index in [1.165, 1.54) is 0 Å². The van der Waals surface area contributed by atoms with Crippen LogP contribution in [0.5, 0.6) is 5.75 Å². The average Bonchev–Trinajstić information content (AvgIpc) is 2.53. The third kappa shape index (κ3) is 6.57. The maximum absolute atomic E-state index is 12.3. The highest BCUT2D eigenvalue weighted by molar-refractivity contribution is 9.10. The summed E-state index contributed by atoms with van der Waals surface area (Å²) < 4.78 is 11.9. The Balaban J connectivity index is 1.71. The van der Waals surface area contributed by atoms with Gasteiger partial charge in [0.15, 0.2) is 0 Å². The van der Waals surface area contributed by atoms with Crippen LogP contribution in [0.2, 0.25) is 0 Å². The van der Waals surface area contributed by atoms with E-state index in [1.54, 1.807) is 9.80 Å². The number of nitrogens with zero attached hydrogens (tertiary/aromatic N) is 2. The van der Waals surface area contributed by atoms with Gasteiger partial charge in [-0.05, 0) is 39.0 Å². The molecule has 1 fully saturated rings. The summed E-state index contributed by atoms with van der Waals surface area (Å²) >= 11 is 3.38. The molecular weight excluding hydrogens is 388 g/mol. The van der Waals surface area contributed by atoms with Crippen molar-refractivity contribution in [2.45, 2.75) is 32.8 Å². The number of hydrogen-bond donors (Lipinski definition) is 0. The van der Waals surface area contributed by atoms with Crippen LogP contribution < -0.4 is 4.74 Å². The van der Waals surface area contributed by atoms with Gasteiger partial charge in [-0.25, -0.2) is 4.79 Å². The van der Waals surface area contributed by atoms with Gasteiger partial charge in [0.25, 0.3) is 0 Å². The zero-order valence-electron chi connectivity index (χ0n) is 15.0. The lowest BCUT2D eigenvalue weighted by atomic mass is 10.2. The molecule has 1 aromatic carbocycles. The number of carbonyl (C=O) groups is 2. The van der Waals surface area contributed by atoms with Gasteiger partial charge >= 0.3 is 6.09 Å². The van der Waals surface area contributed by atoms with Gasteiger partial charge in [-0.1, -0.05) is 22.0 Å². The van der Waals surface area contributed by atoms with Crippen molar-refractivity contribution in [3.05, 3.63) is 28.7 Å². The molecule has 7 heteroatoms. The highest BCUT2D eigenvalue weighted by Gasteiger charge is 2.27. The van der Waals surface area contributed by atoms with Crippen molar-refractivity contribution in [3.8, 4) is 5.75 Å². The molecule has 0 N–H and O–H groups in total. The number of piperazine rings is 1. The third-order valence-corrected chi connectivity index (χ3v) is 4.16. The number of benzene rings is 1. The first-order chi connectivity index (χ1) is 11.7. The summed E-state index contributed by atoms with van der Waals surface area (Å²) in [7, 11) is 0. The summed E-state index contributed by atoms with van der Waals surface area (Å²) in [6.45, 7) is 7.90. The summed E-state index contributed by atoms with van der Waals surface area (Å²) in [5.74, 6) is 0.774. The molecule has 2 rings (SSSR count). The van der Waals surface area contributed by atoms with Crippen LogP contribution in [-0.2, 0) is 9.53 Å². The van der Waals surface area contributed by atoms with Crippen molar-refractivity contribution in [3.63, 3.8) is 0 Å². The van der Waals surface area contributed by atoms with E-state index in [2.05, 4.69) is 15.9 Å². The van der Waals surface area contributed by atoms with Crippen LogP contribution in [0.4, 0.5) is 4.79 Å². The van der Waals surface area contributed by atoms with Crippen LogP contribution in [0.3, 0.4) is 0 Å². The maximum atomic E-state index is 12.3. The van der Waals surface area contributed by atoms with Crippen molar-refractivity contribution >= 4 is 27.9 Å². The second kappa shape index (κ2) is 8.56. The molecule has 0 radical (unpaired) electrons. The van der Waals surface area contributed by atoms with Crippen LogP contribution >= 0.6 is 15.9 Å². The van der Waals surface area contributed by atoms with Crippen LogP contribution in [0.1, 0.15) is 27.2 Å². The molecule has 0 bridgehead atoms. The van der Waals surface area contributed by atoms with Gasteiger partial charge in [-0.2, -0.15) is 0 Å². The Kier molecular flexibility index (Phi) is 6.70. The monoisotopic (exact) mass is 412 g/mol. The first-order valence-electron chi connectivity index (χ1n) is 8.39. The minimum Gasteiger partial charge on any atom is -0.493 e. The SMILES string of the molecule is CC(C)(C)OC(=O)N1CCN(C(=O)CCOc2cccc(Br)c2)CC1. The summed E-state index contributed by atoms with van der Waals surface area (Å²) in [6, 6.07) is 7.53. The van der Waals surface area contributed by atoms with Gasteiger partial charge in [0, 0.05) is 30.7 Å². The Hall–Kier alpha value is -1.76. The van der Waals surface area contributed by atoms with Crippen molar-refractivity contribution in [2.24, 2.45) is 0 Å². The fourth-order valence-electron chi connectivity index (χ4n) is 2.44. The van der Waals surface area contributed by atoms with Gasteiger partial charge in [-0.3, -0.25) is 4.79 Å². The number of hydrogen-bond acceptors (Lipinski definition) is 4. The van der Waals surface area contributed by atoms with Crippen LogP contribution in [0, 0.1) is 0 Å². The molecular formula is C18H25BrN2O4. The Bertz CT molecular complexity index is 607. The minimum absolute atomic E-state index is 0.0406.